The molecule has 0 amide bonds. The zero-order chi connectivity index (χ0) is 18.1. The quantitative estimate of drug-likeness (QED) is 0.761. The van der Waals surface area contributed by atoms with Gasteiger partial charge in [-0.2, -0.15) is 0 Å². The lowest BCUT2D eigenvalue weighted by atomic mass is 9.48. The molecule has 4 nitrogen and oxygen atoms in total. The number of benzene rings is 1. The Morgan fingerprint density at radius 3 is 2.73 bits per heavy atom. The highest BCUT2D eigenvalue weighted by molar-refractivity contribution is 5.55. The average Bonchev–Trinajstić information content (AvgIpc) is 2.56. The number of phenolic OH excluding ortho intramolecular Hbond substituents is 1. The second-order valence-electron chi connectivity index (χ2n) is 9.43. The molecule has 142 valence electrons. The summed E-state index contributed by atoms with van der Waals surface area (Å²) < 4.78 is 0. The molecule has 3 aliphatic carbocycles. The van der Waals surface area contributed by atoms with E-state index >= 15 is 0 Å². The van der Waals surface area contributed by atoms with E-state index in [0.717, 1.165) is 43.0 Å². The summed E-state index contributed by atoms with van der Waals surface area (Å²) in [5, 5.41) is 33.5. The van der Waals surface area contributed by atoms with Crippen LogP contribution in [0.4, 0.5) is 0 Å². The number of hydrogen-bond donors (Lipinski definition) is 3. The van der Waals surface area contributed by atoms with E-state index in [9.17, 15) is 15.3 Å². The Kier molecular flexibility index (Phi) is 3.73. The molecule has 1 aliphatic heterocycles. The summed E-state index contributed by atoms with van der Waals surface area (Å²) >= 11 is 0. The first-order valence-corrected chi connectivity index (χ1v) is 10.4. The van der Waals surface area contributed by atoms with E-state index in [1.807, 2.05) is 13.0 Å². The lowest BCUT2D eigenvalue weighted by Crippen LogP contribution is -2.73. The van der Waals surface area contributed by atoms with Crippen LogP contribution >= 0.6 is 0 Å². The van der Waals surface area contributed by atoms with Crippen LogP contribution in [-0.4, -0.2) is 51.1 Å². The van der Waals surface area contributed by atoms with E-state index in [4.69, 9.17) is 0 Å². The number of aromatic hydroxyl groups is 1. The molecule has 0 unspecified atom stereocenters. The number of piperidine rings is 1. The first-order chi connectivity index (χ1) is 12.4. The molecule has 0 spiro atoms. The highest BCUT2D eigenvalue weighted by Crippen LogP contribution is 2.60. The molecule has 1 aromatic rings. The number of fused-ring (bicyclic) bond motifs is 1. The highest BCUT2D eigenvalue weighted by Gasteiger charge is 2.65. The summed E-state index contributed by atoms with van der Waals surface area (Å²) in [7, 11) is 0. The molecule has 2 bridgehead atoms. The number of likely N-dealkylation sites (tertiary alicyclic amines) is 1. The second-order valence-corrected chi connectivity index (χ2v) is 9.43. The molecule has 4 aliphatic rings. The van der Waals surface area contributed by atoms with Gasteiger partial charge in [0.2, 0.25) is 0 Å². The van der Waals surface area contributed by atoms with Gasteiger partial charge in [0.1, 0.15) is 5.75 Å². The van der Waals surface area contributed by atoms with Crippen LogP contribution in [0.15, 0.2) is 12.1 Å². The summed E-state index contributed by atoms with van der Waals surface area (Å²) in [6, 6.07) is 4.26. The number of aryl methyl sites for hydroxylation is 1. The fraction of sp³-hybridized carbons (Fsp3) is 0.727. The molecule has 26 heavy (non-hydrogen) atoms. The van der Waals surface area contributed by atoms with Gasteiger partial charge in [0.05, 0.1) is 11.7 Å². The van der Waals surface area contributed by atoms with Crippen molar-refractivity contribution in [3.8, 4) is 5.75 Å². The van der Waals surface area contributed by atoms with Crippen LogP contribution in [0, 0.1) is 12.8 Å². The summed E-state index contributed by atoms with van der Waals surface area (Å²) in [5.41, 5.74) is 1.64. The highest BCUT2D eigenvalue weighted by atomic mass is 16.3. The van der Waals surface area contributed by atoms with Crippen molar-refractivity contribution < 1.29 is 15.3 Å². The minimum atomic E-state index is -0.841. The van der Waals surface area contributed by atoms with Crippen molar-refractivity contribution in [2.24, 2.45) is 5.92 Å². The number of phenols is 1. The van der Waals surface area contributed by atoms with Gasteiger partial charge in [-0.1, -0.05) is 18.6 Å². The van der Waals surface area contributed by atoms with Crippen LogP contribution in [0.1, 0.15) is 61.6 Å². The van der Waals surface area contributed by atoms with Gasteiger partial charge >= 0.3 is 0 Å². The SMILES string of the molecule is Cc1ccc2c(c1O)[C@]13CCN(CC4CCC4)[C@H](C2)[C@]1(O)CC[C@@H](O)C3. The van der Waals surface area contributed by atoms with Gasteiger partial charge < -0.3 is 15.3 Å². The van der Waals surface area contributed by atoms with E-state index in [0.29, 0.717) is 25.0 Å². The molecular formula is C22H31NO3. The van der Waals surface area contributed by atoms with Crippen LogP contribution in [0.3, 0.4) is 0 Å². The molecule has 2 saturated carbocycles. The average molecular weight is 357 g/mol. The molecule has 3 N–H and O–H groups in total. The zero-order valence-corrected chi connectivity index (χ0v) is 15.7. The molecule has 0 radical (unpaired) electrons. The van der Waals surface area contributed by atoms with Crippen molar-refractivity contribution in [2.45, 2.75) is 81.5 Å². The Bertz CT molecular complexity index is 730. The first-order valence-electron chi connectivity index (χ1n) is 10.4. The summed E-state index contributed by atoms with van der Waals surface area (Å²) in [6.45, 7) is 3.99. The molecule has 3 fully saturated rings. The molecule has 0 aromatic heterocycles. The van der Waals surface area contributed by atoms with Gasteiger partial charge in [0.25, 0.3) is 0 Å². The molecule has 1 saturated heterocycles. The van der Waals surface area contributed by atoms with Crippen LogP contribution < -0.4 is 0 Å². The molecule has 4 atom stereocenters. The first kappa shape index (κ1) is 17.0. The molecule has 1 aromatic carbocycles. The lowest BCUT2D eigenvalue weighted by Gasteiger charge is -2.64. The van der Waals surface area contributed by atoms with Gasteiger partial charge in [-0.05, 0) is 75.5 Å². The third-order valence-electron chi connectivity index (χ3n) is 8.16. The summed E-state index contributed by atoms with van der Waals surface area (Å²) in [6.07, 6.45) is 7.10. The summed E-state index contributed by atoms with van der Waals surface area (Å²) in [5.74, 6) is 1.13. The normalized spacial score (nSPS) is 39.8. The van der Waals surface area contributed by atoms with E-state index in [1.165, 1.54) is 24.8 Å². The van der Waals surface area contributed by atoms with Crippen molar-refractivity contribution >= 4 is 0 Å². The fourth-order valence-electron chi connectivity index (χ4n) is 6.52. The van der Waals surface area contributed by atoms with Crippen LogP contribution in [0.5, 0.6) is 5.75 Å². The van der Waals surface area contributed by atoms with Gasteiger partial charge in [-0.25, -0.2) is 0 Å². The molecular weight excluding hydrogens is 326 g/mol. The maximum absolute atomic E-state index is 12.1. The second kappa shape index (κ2) is 5.70. The van der Waals surface area contributed by atoms with E-state index < -0.39 is 11.0 Å². The van der Waals surface area contributed by atoms with Crippen LogP contribution in [-0.2, 0) is 11.8 Å². The van der Waals surface area contributed by atoms with Gasteiger partial charge in [-0.3, -0.25) is 4.90 Å². The van der Waals surface area contributed by atoms with Gasteiger partial charge in [-0.15, -0.1) is 0 Å². The smallest absolute Gasteiger partial charge is 0.122 e. The Balaban J connectivity index is 1.63. The van der Waals surface area contributed by atoms with Crippen molar-refractivity contribution in [1.29, 1.82) is 0 Å². The van der Waals surface area contributed by atoms with Crippen LogP contribution in [0.2, 0.25) is 0 Å². The zero-order valence-electron chi connectivity index (χ0n) is 15.7. The predicted molar refractivity (Wildman–Crippen MR) is 100 cm³/mol. The number of aliphatic hydroxyl groups is 2. The topological polar surface area (TPSA) is 63.9 Å². The maximum atomic E-state index is 12.1. The van der Waals surface area contributed by atoms with Gasteiger partial charge in [0.15, 0.2) is 0 Å². The monoisotopic (exact) mass is 357 g/mol. The number of rotatable bonds is 2. The largest absolute Gasteiger partial charge is 0.507 e. The Morgan fingerprint density at radius 1 is 1.19 bits per heavy atom. The van der Waals surface area contributed by atoms with E-state index in [2.05, 4.69) is 11.0 Å². The number of nitrogens with zero attached hydrogens (tertiary/aromatic N) is 1. The Morgan fingerprint density at radius 2 is 2.00 bits per heavy atom. The minimum Gasteiger partial charge on any atom is -0.507 e. The van der Waals surface area contributed by atoms with Crippen molar-refractivity contribution in [1.82, 2.24) is 4.90 Å². The standard InChI is InChI=1S/C22H31NO3/c1-14-5-6-16-11-18-22(26)8-7-17(24)12-21(22,19(16)20(14)25)9-10-23(18)13-15-3-2-4-15/h5-6,15,17-18,24-26H,2-4,7-13H2,1H3/t17-,18-,21-,22-/m1/s1. The fourth-order valence-corrected chi connectivity index (χ4v) is 6.52. The van der Waals surface area contributed by atoms with Crippen molar-refractivity contribution in [3.05, 3.63) is 28.8 Å². The van der Waals surface area contributed by atoms with Crippen molar-refractivity contribution in [3.63, 3.8) is 0 Å². The van der Waals surface area contributed by atoms with Crippen LogP contribution in [0.25, 0.3) is 0 Å². The van der Waals surface area contributed by atoms with Crippen molar-refractivity contribution in [2.75, 3.05) is 13.1 Å². The predicted octanol–water partition coefficient (Wildman–Crippen LogP) is 2.64. The maximum Gasteiger partial charge on any atom is 0.122 e. The minimum absolute atomic E-state index is 0.110. The van der Waals surface area contributed by atoms with E-state index in [-0.39, 0.29) is 12.1 Å². The Labute approximate surface area is 155 Å². The van der Waals surface area contributed by atoms with Gasteiger partial charge in [0, 0.05) is 23.6 Å². The Hall–Kier alpha value is -1.10. The third-order valence-corrected chi connectivity index (χ3v) is 8.16. The number of hydrogen-bond acceptors (Lipinski definition) is 4. The molecule has 4 heteroatoms. The molecule has 1 heterocycles. The lowest BCUT2D eigenvalue weighted by molar-refractivity contribution is -0.185. The summed E-state index contributed by atoms with van der Waals surface area (Å²) in [4.78, 5) is 2.54. The van der Waals surface area contributed by atoms with E-state index in [1.54, 1.807) is 0 Å². The third kappa shape index (κ3) is 2.12. The number of aliphatic hydroxyl groups excluding tert-OH is 1. The molecule has 5 rings (SSSR count).